The molecule has 0 heterocycles. The first-order valence-electron chi connectivity index (χ1n) is 7.82. The largest absolute Gasteiger partial charge is 0.391 e. The van der Waals surface area contributed by atoms with Crippen LogP contribution in [-0.4, -0.2) is 34.7 Å². The van der Waals surface area contributed by atoms with Gasteiger partial charge >= 0.3 is 0 Å². The van der Waals surface area contributed by atoms with E-state index in [4.69, 9.17) is 11.6 Å². The molecule has 0 spiro atoms. The Labute approximate surface area is 142 Å². The maximum Gasteiger partial charge on any atom is 0.0764 e. The van der Waals surface area contributed by atoms with Crippen LogP contribution in [0.4, 0.5) is 0 Å². The molecular formula is C17H27BrClNO. The van der Waals surface area contributed by atoms with Gasteiger partial charge in [-0.2, -0.15) is 0 Å². The average Bonchev–Trinajstić information content (AvgIpc) is 2.47. The lowest BCUT2D eigenvalue weighted by atomic mass is 9.81. The number of nitrogens with zero attached hydrogens (tertiary/aromatic N) is 1. The van der Waals surface area contributed by atoms with Gasteiger partial charge in [-0.25, -0.2) is 0 Å². The molecule has 0 aliphatic carbocycles. The van der Waals surface area contributed by atoms with E-state index >= 15 is 0 Å². The summed E-state index contributed by atoms with van der Waals surface area (Å²) < 4.78 is 0.965. The maximum atomic E-state index is 10.9. The molecule has 0 saturated carbocycles. The van der Waals surface area contributed by atoms with Crippen molar-refractivity contribution in [3.05, 3.63) is 33.3 Å². The molecule has 0 aromatic heterocycles. The lowest BCUT2D eigenvalue weighted by molar-refractivity contribution is -0.0340. The zero-order chi connectivity index (χ0) is 16.0. The van der Waals surface area contributed by atoms with Crippen LogP contribution in [0.5, 0.6) is 0 Å². The van der Waals surface area contributed by atoms with Crippen LogP contribution in [0.15, 0.2) is 22.7 Å². The summed E-state index contributed by atoms with van der Waals surface area (Å²) in [6, 6.07) is 5.86. The molecule has 2 nitrogen and oxygen atoms in total. The molecule has 0 saturated heterocycles. The number of hydrogen-bond donors (Lipinski definition) is 1. The Morgan fingerprint density at radius 2 is 1.76 bits per heavy atom. The standard InChI is InChI=1S/C17H27BrClNO/c1-5-17(6-2,20(7-3)8-4)16(21)11-13-9-10-14(18)12-15(13)19/h9-10,12,16,21H,5-8,11H2,1-4H3. The third-order valence-corrected chi connectivity index (χ3v) is 5.51. The molecule has 0 radical (unpaired) electrons. The Hall–Kier alpha value is -0.0900. The fourth-order valence-corrected chi connectivity index (χ4v) is 4.07. The topological polar surface area (TPSA) is 23.5 Å². The van der Waals surface area contributed by atoms with Gasteiger partial charge in [0.15, 0.2) is 0 Å². The highest BCUT2D eigenvalue weighted by Gasteiger charge is 2.39. The predicted molar refractivity (Wildman–Crippen MR) is 95.1 cm³/mol. The van der Waals surface area contributed by atoms with E-state index in [2.05, 4.69) is 48.5 Å². The summed E-state index contributed by atoms with van der Waals surface area (Å²) in [5.74, 6) is 0. The molecule has 0 fully saturated rings. The molecule has 1 unspecified atom stereocenters. The molecule has 1 atom stereocenters. The molecule has 1 aromatic carbocycles. The fraction of sp³-hybridized carbons (Fsp3) is 0.647. The van der Waals surface area contributed by atoms with E-state index in [0.29, 0.717) is 11.4 Å². The Morgan fingerprint density at radius 1 is 1.19 bits per heavy atom. The second-order valence-electron chi connectivity index (χ2n) is 5.44. The van der Waals surface area contributed by atoms with Crippen molar-refractivity contribution in [3.63, 3.8) is 0 Å². The third kappa shape index (κ3) is 4.22. The highest BCUT2D eigenvalue weighted by molar-refractivity contribution is 9.10. The number of likely N-dealkylation sites (N-methyl/N-ethyl adjacent to an activating group) is 1. The Balaban J connectivity index is 3.03. The van der Waals surface area contributed by atoms with Gasteiger partial charge in [0, 0.05) is 21.5 Å². The molecular weight excluding hydrogens is 350 g/mol. The minimum atomic E-state index is -0.425. The van der Waals surface area contributed by atoms with Crippen molar-refractivity contribution in [3.8, 4) is 0 Å². The van der Waals surface area contributed by atoms with Gasteiger partial charge in [0.25, 0.3) is 0 Å². The van der Waals surface area contributed by atoms with Gasteiger partial charge in [0.1, 0.15) is 0 Å². The molecule has 0 aliphatic heterocycles. The SMILES string of the molecule is CCN(CC)C(CC)(CC)C(O)Cc1ccc(Br)cc1Cl. The number of halogens is 2. The van der Waals surface area contributed by atoms with Crippen LogP contribution in [0.1, 0.15) is 46.1 Å². The molecule has 120 valence electrons. The number of benzene rings is 1. The first-order valence-corrected chi connectivity index (χ1v) is 8.99. The van der Waals surface area contributed by atoms with E-state index in [-0.39, 0.29) is 5.54 Å². The van der Waals surface area contributed by atoms with Gasteiger partial charge in [-0.3, -0.25) is 4.90 Å². The summed E-state index contributed by atoms with van der Waals surface area (Å²) in [5, 5.41) is 11.6. The van der Waals surface area contributed by atoms with E-state index in [1.807, 2.05) is 18.2 Å². The Kier molecular flexibility index (Phi) is 7.69. The van der Waals surface area contributed by atoms with Gasteiger partial charge < -0.3 is 5.11 Å². The van der Waals surface area contributed by atoms with Crippen molar-refractivity contribution < 1.29 is 5.11 Å². The molecule has 1 rings (SSSR count). The van der Waals surface area contributed by atoms with Gasteiger partial charge in [-0.1, -0.05) is 61.3 Å². The van der Waals surface area contributed by atoms with Crippen LogP contribution in [0, 0.1) is 0 Å². The van der Waals surface area contributed by atoms with Gasteiger partial charge in [-0.15, -0.1) is 0 Å². The first-order chi connectivity index (χ1) is 9.94. The summed E-state index contributed by atoms with van der Waals surface area (Å²) in [5.41, 5.74) is 0.825. The molecule has 0 aliphatic rings. The van der Waals surface area contributed by atoms with Crippen LogP contribution in [-0.2, 0) is 6.42 Å². The summed E-state index contributed by atoms with van der Waals surface area (Å²) in [6.07, 6.45) is 2.02. The van der Waals surface area contributed by atoms with E-state index in [9.17, 15) is 5.11 Å². The third-order valence-electron chi connectivity index (χ3n) is 4.67. The van der Waals surface area contributed by atoms with Crippen LogP contribution < -0.4 is 0 Å². The molecule has 21 heavy (non-hydrogen) atoms. The van der Waals surface area contributed by atoms with Crippen molar-refractivity contribution >= 4 is 27.5 Å². The summed E-state index contributed by atoms with van der Waals surface area (Å²) in [4.78, 5) is 2.38. The number of hydrogen-bond acceptors (Lipinski definition) is 2. The second kappa shape index (κ2) is 8.52. The smallest absolute Gasteiger partial charge is 0.0764 e. The fourth-order valence-electron chi connectivity index (χ4n) is 3.32. The monoisotopic (exact) mass is 375 g/mol. The van der Waals surface area contributed by atoms with Gasteiger partial charge in [0.2, 0.25) is 0 Å². The minimum Gasteiger partial charge on any atom is -0.391 e. The zero-order valence-corrected chi connectivity index (χ0v) is 15.8. The molecule has 0 amide bonds. The lowest BCUT2D eigenvalue weighted by Crippen LogP contribution is -2.56. The van der Waals surface area contributed by atoms with Crippen LogP contribution in [0.25, 0.3) is 0 Å². The maximum absolute atomic E-state index is 10.9. The van der Waals surface area contributed by atoms with Crippen molar-refractivity contribution in [2.24, 2.45) is 0 Å². The van der Waals surface area contributed by atoms with E-state index in [1.54, 1.807) is 0 Å². The van der Waals surface area contributed by atoms with Crippen molar-refractivity contribution in [1.29, 1.82) is 0 Å². The molecule has 0 bridgehead atoms. The van der Waals surface area contributed by atoms with E-state index in [1.165, 1.54) is 0 Å². The number of rotatable bonds is 8. The van der Waals surface area contributed by atoms with Crippen LogP contribution in [0.2, 0.25) is 5.02 Å². The lowest BCUT2D eigenvalue weighted by Gasteiger charge is -2.46. The summed E-state index contributed by atoms with van der Waals surface area (Å²) in [7, 11) is 0. The average molecular weight is 377 g/mol. The molecule has 1 aromatic rings. The highest BCUT2D eigenvalue weighted by Crippen LogP contribution is 2.32. The first kappa shape index (κ1) is 19.0. The predicted octanol–water partition coefficient (Wildman–Crippen LogP) is 4.91. The van der Waals surface area contributed by atoms with Gasteiger partial charge in [0.05, 0.1) is 6.10 Å². The van der Waals surface area contributed by atoms with Crippen LogP contribution >= 0.6 is 27.5 Å². The highest BCUT2D eigenvalue weighted by atomic mass is 79.9. The normalized spacial score (nSPS) is 13.7. The molecule has 1 N–H and O–H groups in total. The van der Waals surface area contributed by atoms with Crippen molar-refractivity contribution in [2.75, 3.05) is 13.1 Å². The second-order valence-corrected chi connectivity index (χ2v) is 6.76. The Morgan fingerprint density at radius 3 is 2.19 bits per heavy atom. The zero-order valence-electron chi connectivity index (χ0n) is 13.5. The van der Waals surface area contributed by atoms with E-state index in [0.717, 1.165) is 36.0 Å². The number of aliphatic hydroxyl groups is 1. The van der Waals surface area contributed by atoms with Gasteiger partial charge in [-0.05, 0) is 43.6 Å². The Bertz CT molecular complexity index is 444. The van der Waals surface area contributed by atoms with Crippen molar-refractivity contribution in [2.45, 2.75) is 58.6 Å². The van der Waals surface area contributed by atoms with Crippen LogP contribution in [0.3, 0.4) is 0 Å². The summed E-state index contributed by atoms with van der Waals surface area (Å²) in [6.45, 7) is 10.5. The minimum absolute atomic E-state index is 0.181. The van der Waals surface area contributed by atoms with E-state index < -0.39 is 6.10 Å². The quantitative estimate of drug-likeness (QED) is 0.697. The number of aliphatic hydroxyl groups excluding tert-OH is 1. The van der Waals surface area contributed by atoms with Crippen molar-refractivity contribution in [1.82, 2.24) is 4.90 Å². The molecule has 4 heteroatoms. The summed E-state index contributed by atoms with van der Waals surface area (Å²) >= 11 is 9.72.